The van der Waals surface area contributed by atoms with Gasteiger partial charge in [-0.05, 0) is 19.4 Å². The van der Waals surface area contributed by atoms with Crippen LogP contribution in [0, 0.1) is 0 Å². The Morgan fingerprint density at radius 1 is 1.15 bits per heavy atom. The average Bonchev–Trinajstić information content (AvgIpc) is 3.45. The minimum atomic E-state index is -5.08. The summed E-state index contributed by atoms with van der Waals surface area (Å²) in [6.45, 7) is 7.64. The number of anilines is 1. The highest BCUT2D eigenvalue weighted by Crippen LogP contribution is 2.29. The number of benzene rings is 1. The summed E-state index contributed by atoms with van der Waals surface area (Å²) in [4.78, 5) is 56.1. The van der Waals surface area contributed by atoms with Crippen LogP contribution < -0.4 is 21.5 Å². The van der Waals surface area contributed by atoms with E-state index in [1.807, 2.05) is 36.6 Å². The summed E-state index contributed by atoms with van der Waals surface area (Å²) in [6.07, 6.45) is -2.71. The maximum Gasteiger partial charge on any atom is 0.490 e. The molecule has 1 aromatic carbocycles. The van der Waals surface area contributed by atoms with Gasteiger partial charge in [0.2, 0.25) is 5.95 Å². The standard InChI is InChI=1S/C24H28N6O3.C2HF3O2/c1-15(2)8-11-29-19-21(26-23(29)28-12-9-25-10-13-28)27(3)24(33)30(22(19)32)18-14-16-6-4-5-7-17(16)20(18)31;3-2(4,5)1(6)7/h4-8,18,25H,9-14H2,1-3H3;(H,6,7). The molecule has 0 bridgehead atoms. The number of carboxylic acid groups (broad SMARTS) is 1. The number of rotatable bonds is 4. The zero-order valence-corrected chi connectivity index (χ0v) is 22.2. The van der Waals surface area contributed by atoms with E-state index < -0.39 is 29.4 Å². The maximum absolute atomic E-state index is 13.8. The van der Waals surface area contributed by atoms with E-state index in [4.69, 9.17) is 14.9 Å². The van der Waals surface area contributed by atoms with Crippen LogP contribution in [0.5, 0.6) is 0 Å². The lowest BCUT2D eigenvalue weighted by Crippen LogP contribution is -2.45. The predicted molar refractivity (Wildman–Crippen MR) is 141 cm³/mol. The average molecular weight is 563 g/mol. The van der Waals surface area contributed by atoms with Gasteiger partial charge in [-0.3, -0.25) is 14.2 Å². The Morgan fingerprint density at radius 2 is 1.77 bits per heavy atom. The zero-order chi connectivity index (χ0) is 29.4. The molecule has 1 unspecified atom stereocenters. The van der Waals surface area contributed by atoms with Crippen molar-refractivity contribution < 1.29 is 27.9 Å². The van der Waals surface area contributed by atoms with Gasteiger partial charge in [0.15, 0.2) is 16.9 Å². The van der Waals surface area contributed by atoms with Crippen molar-refractivity contribution in [2.75, 3.05) is 31.1 Å². The predicted octanol–water partition coefficient (Wildman–Crippen LogP) is 1.89. The van der Waals surface area contributed by atoms with Crippen molar-refractivity contribution in [3.05, 3.63) is 67.9 Å². The molecular formula is C26H29F3N6O5. The van der Waals surface area contributed by atoms with E-state index in [1.54, 1.807) is 19.2 Å². The molecule has 0 amide bonds. The molecule has 1 aliphatic heterocycles. The smallest absolute Gasteiger partial charge is 0.475 e. The van der Waals surface area contributed by atoms with Crippen molar-refractivity contribution in [1.29, 1.82) is 0 Å². The van der Waals surface area contributed by atoms with Gasteiger partial charge in [-0.15, -0.1) is 0 Å². The lowest BCUT2D eigenvalue weighted by atomic mass is 10.1. The maximum atomic E-state index is 13.8. The first-order valence-electron chi connectivity index (χ1n) is 12.6. The largest absolute Gasteiger partial charge is 0.490 e. The molecule has 2 aliphatic rings. The fourth-order valence-corrected chi connectivity index (χ4v) is 4.78. The van der Waals surface area contributed by atoms with Crippen molar-refractivity contribution in [2.45, 2.75) is 39.0 Å². The number of hydrogen-bond acceptors (Lipinski definition) is 7. The molecule has 3 aromatic rings. The minimum absolute atomic E-state index is 0.193. The number of ketones is 1. The number of aliphatic carboxylic acids is 1. The molecular weight excluding hydrogens is 533 g/mol. The molecule has 11 nitrogen and oxygen atoms in total. The van der Waals surface area contributed by atoms with Gasteiger partial charge in [0.1, 0.15) is 6.04 Å². The first kappa shape index (κ1) is 28.8. The molecule has 1 saturated heterocycles. The summed E-state index contributed by atoms with van der Waals surface area (Å²) in [6, 6.07) is 6.47. The highest BCUT2D eigenvalue weighted by molar-refractivity contribution is 6.03. The number of piperazine rings is 1. The number of fused-ring (bicyclic) bond motifs is 2. The number of Topliss-reactive ketones (excluding diaryl/α,β-unsaturated/α-hetero) is 1. The highest BCUT2D eigenvalue weighted by Gasteiger charge is 2.38. The van der Waals surface area contributed by atoms with Crippen LogP contribution in [0.1, 0.15) is 35.8 Å². The van der Waals surface area contributed by atoms with Crippen molar-refractivity contribution >= 4 is 28.9 Å². The van der Waals surface area contributed by atoms with Crippen LogP contribution in [0.15, 0.2) is 45.5 Å². The Bertz CT molecular complexity index is 1610. The van der Waals surface area contributed by atoms with Gasteiger partial charge >= 0.3 is 17.8 Å². The fourth-order valence-electron chi connectivity index (χ4n) is 4.78. The Balaban J connectivity index is 0.000000470. The monoisotopic (exact) mass is 562 g/mol. The number of carboxylic acids is 1. The van der Waals surface area contributed by atoms with Crippen molar-refractivity contribution in [3.63, 3.8) is 0 Å². The molecule has 2 N–H and O–H groups in total. The molecule has 214 valence electrons. The first-order chi connectivity index (χ1) is 18.8. The fraction of sp³-hybridized carbons (Fsp3) is 0.423. The first-order valence-corrected chi connectivity index (χ1v) is 12.6. The Morgan fingerprint density at radius 3 is 2.35 bits per heavy atom. The van der Waals surface area contributed by atoms with E-state index in [-0.39, 0.29) is 5.78 Å². The molecule has 3 heterocycles. The Labute approximate surface area is 226 Å². The summed E-state index contributed by atoms with van der Waals surface area (Å²) < 4.78 is 36.2. The second-order valence-corrected chi connectivity index (χ2v) is 9.77. The molecule has 0 radical (unpaired) electrons. The quantitative estimate of drug-likeness (QED) is 0.461. The summed E-state index contributed by atoms with van der Waals surface area (Å²) in [5.41, 5.74) is 2.28. The van der Waals surface area contributed by atoms with Crippen LogP contribution in [0.25, 0.3) is 11.2 Å². The normalized spacial score (nSPS) is 16.9. The number of aromatic nitrogens is 4. The molecule has 1 aliphatic carbocycles. The number of imidazole rings is 1. The molecule has 14 heteroatoms. The number of carbonyl (C=O) groups excluding carboxylic acids is 1. The van der Waals surface area contributed by atoms with Gasteiger partial charge in [0.25, 0.3) is 5.56 Å². The van der Waals surface area contributed by atoms with Crippen LogP contribution in [-0.4, -0.2) is 67.9 Å². The number of allylic oxidation sites excluding steroid dienone is 2. The second-order valence-electron chi connectivity index (χ2n) is 9.77. The third-order valence-corrected chi connectivity index (χ3v) is 6.80. The third-order valence-electron chi connectivity index (χ3n) is 6.80. The lowest BCUT2D eigenvalue weighted by molar-refractivity contribution is -0.192. The third kappa shape index (κ3) is 5.43. The van der Waals surface area contributed by atoms with Crippen molar-refractivity contribution in [3.8, 4) is 0 Å². The molecule has 0 spiro atoms. The molecule has 2 aromatic heterocycles. The number of nitrogens with one attached hydrogen (secondary N) is 1. The molecule has 40 heavy (non-hydrogen) atoms. The zero-order valence-electron chi connectivity index (χ0n) is 22.2. The van der Waals surface area contributed by atoms with E-state index in [1.165, 1.54) is 4.57 Å². The van der Waals surface area contributed by atoms with Crippen LogP contribution in [0.2, 0.25) is 0 Å². The number of nitrogens with zero attached hydrogens (tertiary/aromatic N) is 5. The van der Waals surface area contributed by atoms with Gasteiger partial charge in [-0.2, -0.15) is 18.2 Å². The van der Waals surface area contributed by atoms with Gasteiger partial charge < -0.3 is 19.9 Å². The van der Waals surface area contributed by atoms with Crippen LogP contribution >= 0.6 is 0 Å². The topological polar surface area (TPSA) is 131 Å². The number of carbonyl (C=O) groups is 2. The van der Waals surface area contributed by atoms with Crippen LogP contribution in [-0.2, 0) is 24.8 Å². The summed E-state index contributed by atoms with van der Waals surface area (Å²) in [5, 5.41) is 10.5. The van der Waals surface area contributed by atoms with Crippen LogP contribution in [0.3, 0.4) is 0 Å². The van der Waals surface area contributed by atoms with E-state index in [0.717, 1.165) is 41.9 Å². The number of halogens is 3. The van der Waals surface area contributed by atoms with Crippen LogP contribution in [0.4, 0.5) is 19.1 Å². The molecule has 1 atom stereocenters. The summed E-state index contributed by atoms with van der Waals surface area (Å²) in [7, 11) is 1.62. The highest BCUT2D eigenvalue weighted by atomic mass is 19.4. The lowest BCUT2D eigenvalue weighted by Gasteiger charge is -2.28. The molecule has 1 fully saturated rings. The minimum Gasteiger partial charge on any atom is -0.475 e. The van der Waals surface area contributed by atoms with Gasteiger partial charge in [-0.25, -0.2) is 14.2 Å². The van der Waals surface area contributed by atoms with Crippen molar-refractivity contribution in [2.24, 2.45) is 7.05 Å². The molecule has 5 rings (SSSR count). The SMILES string of the molecule is CC(C)=CCn1c(N2CCNCC2)nc2c1c(=O)n(C1Cc3ccccc3C1=O)c(=O)n2C.O=C(O)C(F)(F)F. The summed E-state index contributed by atoms with van der Waals surface area (Å²) >= 11 is 0. The number of aryl methyl sites for hydroxylation is 1. The van der Waals surface area contributed by atoms with E-state index in [9.17, 15) is 27.6 Å². The Hall–Kier alpha value is -4.20. The number of alkyl halides is 3. The van der Waals surface area contributed by atoms with E-state index in [0.29, 0.717) is 35.6 Å². The van der Waals surface area contributed by atoms with Gasteiger partial charge in [-0.1, -0.05) is 35.9 Å². The summed E-state index contributed by atoms with van der Waals surface area (Å²) in [5.74, 6) is -2.27. The van der Waals surface area contributed by atoms with E-state index >= 15 is 0 Å². The van der Waals surface area contributed by atoms with Gasteiger partial charge in [0, 0.05) is 51.8 Å². The van der Waals surface area contributed by atoms with E-state index in [2.05, 4.69) is 10.2 Å². The van der Waals surface area contributed by atoms with Crippen molar-refractivity contribution in [1.82, 2.24) is 24.0 Å². The second kappa shape index (κ2) is 11.1. The van der Waals surface area contributed by atoms with Gasteiger partial charge in [0.05, 0.1) is 0 Å². The Kier molecular flexibility index (Phi) is 8.00. The molecule has 0 saturated carbocycles. The number of hydrogen-bond donors (Lipinski definition) is 2.